The van der Waals surface area contributed by atoms with Crippen LogP contribution < -0.4 is 0 Å². The fraction of sp³-hybridized carbons (Fsp3) is 0.0714. The zero-order chi connectivity index (χ0) is 14.0. The number of benzene rings is 2. The molecule has 0 amide bonds. The maximum Gasteiger partial charge on any atom is 0.168 e. The van der Waals surface area contributed by atoms with Crippen molar-refractivity contribution in [1.29, 1.82) is 0 Å². The van der Waals surface area contributed by atoms with Gasteiger partial charge in [-0.1, -0.05) is 34.1 Å². The van der Waals surface area contributed by atoms with Crippen LogP contribution in [0.1, 0.15) is 15.9 Å². The normalized spacial score (nSPS) is 10.5. The summed E-state index contributed by atoms with van der Waals surface area (Å²) in [5, 5.41) is 0. The predicted molar refractivity (Wildman–Crippen MR) is 76.2 cm³/mol. The molecule has 98 valence electrons. The first-order valence-electron chi connectivity index (χ1n) is 5.40. The number of halogens is 4. The summed E-state index contributed by atoms with van der Waals surface area (Å²) >= 11 is 6.17. The van der Waals surface area contributed by atoms with Crippen molar-refractivity contribution in [2.45, 2.75) is 6.42 Å². The van der Waals surface area contributed by atoms with Gasteiger partial charge >= 0.3 is 0 Å². The molecule has 0 fully saturated rings. The molecule has 0 saturated carbocycles. The van der Waals surface area contributed by atoms with E-state index in [0.29, 0.717) is 4.47 Å². The van der Waals surface area contributed by atoms with E-state index in [1.807, 2.05) is 0 Å². The largest absolute Gasteiger partial charge is 0.294 e. The van der Waals surface area contributed by atoms with Gasteiger partial charge in [0, 0.05) is 16.5 Å². The fourth-order valence-electron chi connectivity index (χ4n) is 1.65. The van der Waals surface area contributed by atoms with Gasteiger partial charge in [-0.2, -0.15) is 0 Å². The van der Waals surface area contributed by atoms with Crippen LogP contribution in [0.5, 0.6) is 0 Å². The van der Waals surface area contributed by atoms with Gasteiger partial charge in [-0.15, -0.1) is 0 Å². The Labute approximate surface area is 125 Å². The lowest BCUT2D eigenvalue weighted by Crippen LogP contribution is -2.06. The number of Topliss-reactive ketones (excluding diaryl/α,β-unsaturated/α-hetero) is 1. The van der Waals surface area contributed by atoms with Crippen LogP contribution in [0.2, 0.25) is 0 Å². The Hall–Kier alpha value is -1.07. The molecule has 2 aromatic rings. The molecule has 2 aromatic carbocycles. The van der Waals surface area contributed by atoms with Crippen molar-refractivity contribution in [2.24, 2.45) is 0 Å². The number of ketones is 1. The lowest BCUT2D eigenvalue weighted by atomic mass is 10.0. The highest BCUT2D eigenvalue weighted by atomic mass is 79.9. The standard InChI is InChI=1S/C14H8Br2F2O/c15-9-5-4-8(12(18)7-9)6-13(19)10-2-1-3-11(17)14(10)16/h1-5,7H,6H2. The average Bonchev–Trinajstić information content (AvgIpc) is 2.36. The first-order valence-corrected chi connectivity index (χ1v) is 6.99. The van der Waals surface area contributed by atoms with Crippen molar-refractivity contribution in [3.05, 3.63) is 68.1 Å². The molecule has 0 aromatic heterocycles. The molecule has 0 spiro atoms. The first-order chi connectivity index (χ1) is 8.99. The molecule has 0 N–H and O–H groups in total. The van der Waals surface area contributed by atoms with E-state index < -0.39 is 11.6 Å². The van der Waals surface area contributed by atoms with E-state index in [9.17, 15) is 13.6 Å². The van der Waals surface area contributed by atoms with Crippen LogP contribution in [0, 0.1) is 11.6 Å². The molecule has 19 heavy (non-hydrogen) atoms. The second-order valence-corrected chi connectivity index (χ2v) is 5.65. The van der Waals surface area contributed by atoms with Gasteiger partial charge in [0.05, 0.1) is 4.47 Å². The monoisotopic (exact) mass is 388 g/mol. The van der Waals surface area contributed by atoms with E-state index in [1.165, 1.54) is 30.3 Å². The molecule has 0 saturated heterocycles. The Balaban J connectivity index is 2.28. The van der Waals surface area contributed by atoms with Crippen LogP contribution >= 0.6 is 31.9 Å². The Bertz CT molecular complexity index is 641. The van der Waals surface area contributed by atoms with Gasteiger partial charge in [-0.3, -0.25) is 4.79 Å². The summed E-state index contributed by atoms with van der Waals surface area (Å²) in [4.78, 5) is 12.0. The van der Waals surface area contributed by atoms with E-state index in [-0.39, 0.29) is 27.8 Å². The summed E-state index contributed by atoms with van der Waals surface area (Å²) in [6.45, 7) is 0. The minimum atomic E-state index is -0.512. The number of carbonyl (C=O) groups is 1. The van der Waals surface area contributed by atoms with E-state index in [0.717, 1.165) is 0 Å². The van der Waals surface area contributed by atoms with E-state index in [1.54, 1.807) is 6.07 Å². The van der Waals surface area contributed by atoms with Crippen molar-refractivity contribution in [3.8, 4) is 0 Å². The maximum atomic E-state index is 13.6. The van der Waals surface area contributed by atoms with E-state index in [2.05, 4.69) is 31.9 Å². The molecule has 0 radical (unpaired) electrons. The predicted octanol–water partition coefficient (Wildman–Crippen LogP) is 4.92. The molecule has 2 rings (SSSR count). The molecular weight excluding hydrogens is 382 g/mol. The Morgan fingerprint density at radius 2 is 1.79 bits per heavy atom. The number of rotatable bonds is 3. The number of carbonyl (C=O) groups excluding carboxylic acids is 1. The highest BCUT2D eigenvalue weighted by molar-refractivity contribution is 9.10. The molecule has 0 heterocycles. The van der Waals surface area contributed by atoms with Crippen molar-refractivity contribution < 1.29 is 13.6 Å². The number of hydrogen-bond donors (Lipinski definition) is 0. The first kappa shape index (κ1) is 14.3. The fourth-order valence-corrected chi connectivity index (χ4v) is 2.47. The molecule has 0 aliphatic rings. The van der Waals surface area contributed by atoms with E-state index in [4.69, 9.17) is 0 Å². The van der Waals surface area contributed by atoms with Gasteiger partial charge in [-0.05, 0) is 39.7 Å². The van der Waals surface area contributed by atoms with Gasteiger partial charge < -0.3 is 0 Å². The summed E-state index contributed by atoms with van der Waals surface area (Å²) in [6, 6.07) is 8.69. The SMILES string of the molecule is O=C(Cc1ccc(Br)cc1F)c1cccc(F)c1Br. The van der Waals surface area contributed by atoms with Gasteiger partial charge in [-0.25, -0.2) is 8.78 Å². The highest BCUT2D eigenvalue weighted by Crippen LogP contribution is 2.23. The van der Waals surface area contributed by atoms with Crippen molar-refractivity contribution in [1.82, 2.24) is 0 Å². The molecule has 1 nitrogen and oxygen atoms in total. The van der Waals surface area contributed by atoms with Crippen LogP contribution in [0.15, 0.2) is 45.3 Å². The topological polar surface area (TPSA) is 17.1 Å². The van der Waals surface area contributed by atoms with Crippen molar-refractivity contribution in [3.63, 3.8) is 0 Å². The summed E-state index contributed by atoms with van der Waals surface area (Å²) in [5.41, 5.74) is 0.492. The lowest BCUT2D eigenvalue weighted by molar-refractivity contribution is 0.0990. The average molecular weight is 390 g/mol. The maximum absolute atomic E-state index is 13.6. The summed E-state index contributed by atoms with van der Waals surface area (Å²) in [5.74, 6) is -1.31. The highest BCUT2D eigenvalue weighted by Gasteiger charge is 2.15. The third kappa shape index (κ3) is 3.28. The second-order valence-electron chi connectivity index (χ2n) is 3.94. The summed E-state index contributed by atoms with van der Waals surface area (Å²) < 4.78 is 27.7. The van der Waals surface area contributed by atoms with Crippen LogP contribution in [-0.4, -0.2) is 5.78 Å². The molecule has 0 bridgehead atoms. The van der Waals surface area contributed by atoms with Gasteiger partial charge in [0.1, 0.15) is 11.6 Å². The molecular formula is C14H8Br2F2O. The van der Waals surface area contributed by atoms with Gasteiger partial charge in [0.25, 0.3) is 0 Å². The van der Waals surface area contributed by atoms with Crippen molar-refractivity contribution in [2.75, 3.05) is 0 Å². The Morgan fingerprint density at radius 3 is 2.47 bits per heavy atom. The summed E-state index contributed by atoms with van der Waals surface area (Å²) in [7, 11) is 0. The van der Waals surface area contributed by atoms with Crippen molar-refractivity contribution >= 4 is 37.6 Å². The third-order valence-electron chi connectivity index (χ3n) is 2.62. The van der Waals surface area contributed by atoms with E-state index >= 15 is 0 Å². The van der Waals surface area contributed by atoms with Gasteiger partial charge in [0.15, 0.2) is 5.78 Å². The van der Waals surface area contributed by atoms with Crippen LogP contribution in [-0.2, 0) is 6.42 Å². The molecule has 0 aliphatic heterocycles. The quantitative estimate of drug-likeness (QED) is 0.681. The second kappa shape index (κ2) is 5.92. The molecule has 5 heteroatoms. The smallest absolute Gasteiger partial charge is 0.168 e. The zero-order valence-electron chi connectivity index (χ0n) is 9.59. The molecule has 0 unspecified atom stereocenters. The summed E-state index contributed by atoms with van der Waals surface area (Å²) in [6.07, 6.45) is -0.110. The molecule has 0 atom stereocenters. The zero-order valence-corrected chi connectivity index (χ0v) is 12.8. The van der Waals surface area contributed by atoms with Crippen LogP contribution in [0.25, 0.3) is 0 Å². The minimum Gasteiger partial charge on any atom is -0.294 e. The Morgan fingerprint density at radius 1 is 1.05 bits per heavy atom. The number of hydrogen-bond acceptors (Lipinski definition) is 1. The van der Waals surface area contributed by atoms with Crippen LogP contribution in [0.3, 0.4) is 0 Å². The molecule has 0 aliphatic carbocycles. The minimum absolute atomic E-state index is 0.109. The Kier molecular flexibility index (Phi) is 4.47. The van der Waals surface area contributed by atoms with Crippen LogP contribution in [0.4, 0.5) is 8.78 Å². The third-order valence-corrected chi connectivity index (χ3v) is 3.92. The van der Waals surface area contributed by atoms with Gasteiger partial charge in [0.2, 0.25) is 0 Å². The lowest BCUT2D eigenvalue weighted by Gasteiger charge is -2.06.